The maximum Gasteiger partial charge on any atom is 0.343 e. The van der Waals surface area contributed by atoms with E-state index in [1.54, 1.807) is 17.9 Å². The summed E-state index contributed by atoms with van der Waals surface area (Å²) in [6.07, 6.45) is 1.49. The van der Waals surface area contributed by atoms with E-state index < -0.39 is 17.1 Å². The van der Waals surface area contributed by atoms with Gasteiger partial charge in [-0.3, -0.25) is 19.3 Å². The van der Waals surface area contributed by atoms with Crippen LogP contribution in [0, 0.1) is 0 Å². The number of halogens is 1. The van der Waals surface area contributed by atoms with E-state index in [2.05, 4.69) is 4.74 Å². The Balaban J connectivity index is 1.77. The second kappa shape index (κ2) is 11.4. The van der Waals surface area contributed by atoms with Crippen molar-refractivity contribution in [3.8, 4) is 11.5 Å². The molecule has 178 valence electrons. The summed E-state index contributed by atoms with van der Waals surface area (Å²) in [6.45, 7) is 3.09. The van der Waals surface area contributed by atoms with Crippen LogP contribution < -0.4 is 9.47 Å². The fourth-order valence-corrected chi connectivity index (χ4v) is 4.21. The van der Waals surface area contributed by atoms with Gasteiger partial charge in [0.25, 0.3) is 11.1 Å². The van der Waals surface area contributed by atoms with Crippen LogP contribution in [-0.2, 0) is 23.9 Å². The Kier molecular flexibility index (Phi) is 8.59. The van der Waals surface area contributed by atoms with Crippen LogP contribution in [0.3, 0.4) is 0 Å². The number of benzene rings is 1. The molecule has 0 bridgehead atoms. The molecule has 10 nitrogen and oxygen atoms in total. The van der Waals surface area contributed by atoms with Crippen molar-refractivity contribution in [2.75, 3.05) is 53.2 Å². The lowest BCUT2D eigenvalue weighted by atomic mass is 10.1. The summed E-state index contributed by atoms with van der Waals surface area (Å²) >= 11 is 7.05. The standard InChI is InChI=1S/C21H23ClN2O8S/c1-3-31-15-9-13(8-14(22)19(15)32-12-18(26)29-2)10-16-20(27)24(21(28)33-16)11-17(25)23-4-6-30-7-5-23/h8-10H,3-7,11-12H2,1-2H3/b16-10+. The van der Waals surface area contributed by atoms with E-state index in [1.165, 1.54) is 19.3 Å². The highest BCUT2D eigenvalue weighted by Gasteiger charge is 2.37. The predicted octanol–water partition coefficient (Wildman–Crippen LogP) is 2.19. The Morgan fingerprint density at radius 3 is 2.61 bits per heavy atom. The Bertz CT molecular complexity index is 977. The highest BCUT2D eigenvalue weighted by atomic mass is 35.5. The third-order valence-corrected chi connectivity index (χ3v) is 5.91. The zero-order chi connectivity index (χ0) is 24.0. The van der Waals surface area contributed by atoms with Crippen molar-refractivity contribution in [2.24, 2.45) is 0 Å². The summed E-state index contributed by atoms with van der Waals surface area (Å²) in [5, 5.41) is -0.375. The third kappa shape index (κ3) is 6.18. The number of rotatable bonds is 8. The van der Waals surface area contributed by atoms with Crippen LogP contribution in [0.1, 0.15) is 12.5 Å². The topological polar surface area (TPSA) is 112 Å². The molecule has 0 unspecified atom stereocenters. The van der Waals surface area contributed by atoms with Crippen molar-refractivity contribution in [3.63, 3.8) is 0 Å². The SMILES string of the molecule is CCOc1cc(/C=C2/SC(=O)N(CC(=O)N3CCOCC3)C2=O)cc(Cl)c1OCC(=O)OC. The minimum absolute atomic E-state index is 0.150. The van der Waals surface area contributed by atoms with Gasteiger partial charge in [0.1, 0.15) is 6.54 Å². The summed E-state index contributed by atoms with van der Waals surface area (Å²) in [7, 11) is 1.24. The molecular weight excluding hydrogens is 476 g/mol. The lowest BCUT2D eigenvalue weighted by Gasteiger charge is -2.28. The summed E-state index contributed by atoms with van der Waals surface area (Å²) < 4.78 is 20.7. The smallest absolute Gasteiger partial charge is 0.343 e. The fraction of sp³-hybridized carbons (Fsp3) is 0.429. The zero-order valence-electron chi connectivity index (χ0n) is 18.1. The molecule has 12 heteroatoms. The number of carbonyl (C=O) groups is 4. The number of ether oxygens (including phenoxy) is 4. The number of methoxy groups -OCH3 is 1. The van der Waals surface area contributed by atoms with Crippen LogP contribution in [0.5, 0.6) is 11.5 Å². The highest BCUT2D eigenvalue weighted by molar-refractivity contribution is 8.18. The van der Waals surface area contributed by atoms with E-state index in [-0.39, 0.29) is 40.5 Å². The first-order valence-corrected chi connectivity index (χ1v) is 11.3. The molecule has 2 saturated heterocycles. The van der Waals surface area contributed by atoms with Crippen molar-refractivity contribution in [3.05, 3.63) is 27.6 Å². The molecule has 3 amide bonds. The summed E-state index contributed by atoms with van der Waals surface area (Å²) in [4.78, 5) is 51.7. The van der Waals surface area contributed by atoms with Crippen LogP contribution in [0.15, 0.2) is 17.0 Å². The molecule has 2 aliphatic rings. The molecule has 0 radical (unpaired) electrons. The fourth-order valence-electron chi connectivity index (χ4n) is 3.10. The molecule has 3 rings (SSSR count). The van der Waals surface area contributed by atoms with Crippen molar-refractivity contribution in [1.29, 1.82) is 0 Å². The summed E-state index contributed by atoms with van der Waals surface area (Å²) in [6, 6.07) is 3.10. The van der Waals surface area contributed by atoms with Gasteiger partial charge in [-0.2, -0.15) is 0 Å². The van der Waals surface area contributed by atoms with E-state index in [4.69, 9.17) is 25.8 Å². The largest absolute Gasteiger partial charge is 0.490 e. The Hall–Kier alpha value is -2.76. The number of hydrogen-bond donors (Lipinski definition) is 0. The van der Waals surface area contributed by atoms with Gasteiger partial charge in [-0.1, -0.05) is 11.6 Å². The Morgan fingerprint density at radius 1 is 1.21 bits per heavy atom. The number of carbonyl (C=O) groups excluding carboxylic acids is 4. The second-order valence-electron chi connectivity index (χ2n) is 6.89. The summed E-state index contributed by atoms with van der Waals surface area (Å²) in [5.74, 6) is -1.03. The molecule has 2 fully saturated rings. The molecule has 0 N–H and O–H groups in total. The molecule has 1 aromatic carbocycles. The molecule has 33 heavy (non-hydrogen) atoms. The molecule has 0 aliphatic carbocycles. The minimum atomic E-state index is -0.585. The molecule has 2 heterocycles. The molecular formula is C21H23ClN2O8S. The first kappa shape index (κ1) is 24.9. The van der Waals surface area contributed by atoms with Crippen molar-refractivity contribution < 1.29 is 38.1 Å². The van der Waals surface area contributed by atoms with Gasteiger partial charge in [0.15, 0.2) is 18.1 Å². The third-order valence-electron chi connectivity index (χ3n) is 4.72. The molecule has 0 spiro atoms. The van der Waals surface area contributed by atoms with Gasteiger partial charge >= 0.3 is 5.97 Å². The average molecular weight is 499 g/mol. The van der Waals surface area contributed by atoms with Crippen molar-refractivity contribution in [1.82, 2.24) is 9.80 Å². The first-order valence-electron chi connectivity index (χ1n) is 10.1. The molecule has 0 aromatic heterocycles. The number of thioether (sulfide) groups is 1. The lowest BCUT2D eigenvalue weighted by Crippen LogP contribution is -2.46. The van der Waals surface area contributed by atoms with Crippen LogP contribution >= 0.6 is 23.4 Å². The van der Waals surface area contributed by atoms with Gasteiger partial charge in [0.2, 0.25) is 5.91 Å². The molecule has 0 saturated carbocycles. The monoisotopic (exact) mass is 498 g/mol. The van der Waals surface area contributed by atoms with Crippen molar-refractivity contribution in [2.45, 2.75) is 6.92 Å². The predicted molar refractivity (Wildman–Crippen MR) is 120 cm³/mol. The van der Waals surface area contributed by atoms with Crippen molar-refractivity contribution >= 4 is 52.5 Å². The summed E-state index contributed by atoms with van der Waals surface area (Å²) in [5.41, 5.74) is 0.485. The number of esters is 1. The van der Waals surface area contributed by atoms with Gasteiger partial charge < -0.3 is 23.8 Å². The van der Waals surface area contributed by atoms with Crippen LogP contribution in [-0.4, -0.2) is 86.0 Å². The number of imide groups is 1. The van der Waals surface area contributed by atoms with E-state index in [9.17, 15) is 19.2 Å². The average Bonchev–Trinajstić information content (AvgIpc) is 3.06. The van der Waals surface area contributed by atoms with E-state index in [1.807, 2.05) is 0 Å². The maximum atomic E-state index is 12.8. The quantitative estimate of drug-likeness (QED) is 0.393. The van der Waals surface area contributed by atoms with Crippen LogP contribution in [0.4, 0.5) is 4.79 Å². The first-order chi connectivity index (χ1) is 15.8. The number of hydrogen-bond acceptors (Lipinski definition) is 9. The second-order valence-corrected chi connectivity index (χ2v) is 8.29. The number of amides is 3. The van der Waals surface area contributed by atoms with Crippen LogP contribution in [0.2, 0.25) is 5.02 Å². The normalized spacial score (nSPS) is 17.5. The van der Waals surface area contributed by atoms with E-state index >= 15 is 0 Å². The Labute approximate surface area is 199 Å². The van der Waals surface area contributed by atoms with E-state index in [0.717, 1.165) is 16.7 Å². The van der Waals surface area contributed by atoms with Gasteiger partial charge in [0.05, 0.1) is 36.9 Å². The molecule has 2 aliphatic heterocycles. The molecule has 0 atom stereocenters. The minimum Gasteiger partial charge on any atom is -0.490 e. The number of nitrogens with zero attached hydrogens (tertiary/aromatic N) is 2. The molecule has 1 aromatic rings. The Morgan fingerprint density at radius 2 is 1.94 bits per heavy atom. The van der Waals surface area contributed by atoms with E-state index in [0.29, 0.717) is 38.5 Å². The van der Waals surface area contributed by atoms with Crippen LogP contribution in [0.25, 0.3) is 6.08 Å². The van der Waals surface area contributed by atoms with Gasteiger partial charge in [0, 0.05) is 13.1 Å². The van der Waals surface area contributed by atoms with Gasteiger partial charge in [-0.05, 0) is 42.5 Å². The zero-order valence-corrected chi connectivity index (χ0v) is 19.7. The van der Waals surface area contributed by atoms with Gasteiger partial charge in [-0.25, -0.2) is 4.79 Å². The van der Waals surface area contributed by atoms with Gasteiger partial charge in [-0.15, -0.1) is 0 Å². The maximum absolute atomic E-state index is 12.8. The highest BCUT2D eigenvalue weighted by Crippen LogP contribution is 2.39. The number of morpholine rings is 1. The lowest BCUT2D eigenvalue weighted by molar-refractivity contribution is -0.143.